The molecule has 2 nitrogen and oxygen atoms in total. The fourth-order valence-corrected chi connectivity index (χ4v) is 3.40. The zero-order valence-corrected chi connectivity index (χ0v) is 7.21. The third-order valence-electron chi connectivity index (χ3n) is 1.48. The van der Waals surface area contributed by atoms with Crippen LogP contribution >= 0.6 is 23.5 Å². The number of phenols is 2. The Bertz CT molecular complexity index is 270. The zero-order valence-electron chi connectivity index (χ0n) is 5.57. The van der Waals surface area contributed by atoms with Crippen molar-refractivity contribution in [3.8, 4) is 11.5 Å². The first-order valence-corrected chi connectivity index (χ1v) is 5.06. The van der Waals surface area contributed by atoms with Gasteiger partial charge in [0, 0.05) is 5.08 Å². The highest BCUT2D eigenvalue weighted by atomic mass is 32.2. The van der Waals surface area contributed by atoms with Crippen LogP contribution in [0.3, 0.4) is 0 Å². The largest absolute Gasteiger partial charge is 0.507 e. The number of benzene rings is 1. The molecule has 0 radical (unpaired) electrons. The number of hydrogen-bond donors (Lipinski definition) is 2. The van der Waals surface area contributed by atoms with E-state index in [1.165, 1.54) is 12.1 Å². The Morgan fingerprint density at radius 1 is 1.00 bits per heavy atom. The minimum atomic E-state index is 0.271. The van der Waals surface area contributed by atoms with Gasteiger partial charge in [-0.25, -0.2) is 0 Å². The molecule has 0 atom stereocenters. The number of phenolic OH excluding ortho intramolecular Hbond substituents is 2. The fourth-order valence-electron chi connectivity index (χ4n) is 0.968. The van der Waals surface area contributed by atoms with Gasteiger partial charge in [-0.2, -0.15) is 0 Å². The summed E-state index contributed by atoms with van der Waals surface area (Å²) in [5.74, 6) is 0.542. The Morgan fingerprint density at radius 2 is 1.45 bits per heavy atom. The third-order valence-corrected chi connectivity index (χ3v) is 3.95. The number of thioether (sulfide) groups is 2. The molecule has 1 heterocycles. The molecule has 2 N–H and O–H groups in total. The van der Waals surface area contributed by atoms with E-state index in [-0.39, 0.29) is 11.5 Å². The van der Waals surface area contributed by atoms with Crippen molar-refractivity contribution >= 4 is 23.5 Å². The molecule has 1 aliphatic rings. The summed E-state index contributed by atoms with van der Waals surface area (Å²) < 4.78 is 0. The smallest absolute Gasteiger partial charge is 0.130 e. The first-order chi connectivity index (χ1) is 5.29. The van der Waals surface area contributed by atoms with Crippen LogP contribution in [0.15, 0.2) is 21.9 Å². The average Bonchev–Trinajstić information content (AvgIpc) is 2.45. The predicted molar refractivity (Wildman–Crippen MR) is 46.4 cm³/mol. The van der Waals surface area contributed by atoms with Gasteiger partial charge in [-0.05, 0) is 12.1 Å². The lowest BCUT2D eigenvalue weighted by Gasteiger charge is -2.01. The second-order valence-corrected chi connectivity index (χ2v) is 4.51. The van der Waals surface area contributed by atoms with Crippen LogP contribution in [0.1, 0.15) is 0 Å². The van der Waals surface area contributed by atoms with Crippen LogP contribution in [-0.2, 0) is 0 Å². The van der Waals surface area contributed by atoms with Gasteiger partial charge in [-0.1, -0.05) is 0 Å². The van der Waals surface area contributed by atoms with Gasteiger partial charge in [0.15, 0.2) is 0 Å². The van der Waals surface area contributed by atoms with Gasteiger partial charge in [-0.15, -0.1) is 23.5 Å². The quantitative estimate of drug-likeness (QED) is 0.610. The van der Waals surface area contributed by atoms with Crippen LogP contribution in [0.25, 0.3) is 0 Å². The van der Waals surface area contributed by atoms with Crippen molar-refractivity contribution in [2.75, 3.05) is 5.08 Å². The molecule has 0 amide bonds. The van der Waals surface area contributed by atoms with Crippen molar-refractivity contribution in [1.29, 1.82) is 0 Å². The lowest BCUT2D eigenvalue weighted by atomic mass is 10.3. The second-order valence-electron chi connectivity index (χ2n) is 2.17. The number of hydrogen-bond acceptors (Lipinski definition) is 4. The highest BCUT2D eigenvalue weighted by Gasteiger charge is 2.19. The Labute approximate surface area is 72.6 Å². The highest BCUT2D eigenvalue weighted by Crippen LogP contribution is 2.50. The molecule has 0 unspecified atom stereocenters. The molecule has 0 bridgehead atoms. The van der Waals surface area contributed by atoms with Crippen LogP contribution < -0.4 is 0 Å². The molecule has 1 aromatic rings. The second kappa shape index (κ2) is 2.53. The predicted octanol–water partition coefficient (Wildman–Crippen LogP) is 2.25. The number of fused-ring (bicyclic) bond motifs is 1. The maximum absolute atomic E-state index is 9.31. The standard InChI is InChI=1S/C7H6O2S2/c8-4-1-2-5(9)7-6(4)10-3-11-7/h1-2,8-9H,3H2. The molecule has 0 aromatic heterocycles. The molecular formula is C7H6O2S2. The van der Waals surface area contributed by atoms with E-state index in [2.05, 4.69) is 0 Å². The van der Waals surface area contributed by atoms with E-state index in [9.17, 15) is 10.2 Å². The summed E-state index contributed by atoms with van der Waals surface area (Å²) in [4.78, 5) is 1.63. The molecule has 4 heteroatoms. The molecule has 2 rings (SSSR count). The van der Waals surface area contributed by atoms with Crippen LogP contribution in [0.2, 0.25) is 0 Å². The number of rotatable bonds is 0. The summed E-state index contributed by atoms with van der Waals surface area (Å²) in [6.45, 7) is 0. The molecule has 58 valence electrons. The Hall–Kier alpha value is -0.480. The molecular weight excluding hydrogens is 180 g/mol. The van der Waals surface area contributed by atoms with Crippen molar-refractivity contribution in [3.63, 3.8) is 0 Å². The zero-order chi connectivity index (χ0) is 7.84. The summed E-state index contributed by atoms with van der Waals surface area (Å²) >= 11 is 3.12. The molecule has 11 heavy (non-hydrogen) atoms. The molecule has 1 aromatic carbocycles. The van der Waals surface area contributed by atoms with Crippen LogP contribution in [0.4, 0.5) is 0 Å². The first kappa shape index (κ1) is 7.18. The Kier molecular flexibility index (Phi) is 1.65. The van der Waals surface area contributed by atoms with Crippen molar-refractivity contribution in [2.45, 2.75) is 9.79 Å². The van der Waals surface area contributed by atoms with Gasteiger partial charge in [0.2, 0.25) is 0 Å². The molecule has 0 saturated carbocycles. The van der Waals surface area contributed by atoms with Gasteiger partial charge in [-0.3, -0.25) is 0 Å². The molecule has 0 saturated heterocycles. The van der Waals surface area contributed by atoms with E-state index >= 15 is 0 Å². The summed E-state index contributed by atoms with van der Waals surface area (Å²) in [6.07, 6.45) is 0. The summed E-state index contributed by atoms with van der Waals surface area (Å²) in [7, 11) is 0. The van der Waals surface area contributed by atoms with Gasteiger partial charge in [0.1, 0.15) is 11.5 Å². The highest BCUT2D eigenvalue weighted by molar-refractivity contribution is 8.18. The molecule has 0 fully saturated rings. The summed E-state index contributed by atoms with van der Waals surface area (Å²) in [5.41, 5.74) is 0. The lowest BCUT2D eigenvalue weighted by molar-refractivity contribution is 0.436. The van der Waals surface area contributed by atoms with E-state index in [0.29, 0.717) is 0 Å². The van der Waals surface area contributed by atoms with Crippen molar-refractivity contribution < 1.29 is 10.2 Å². The van der Waals surface area contributed by atoms with Crippen molar-refractivity contribution in [3.05, 3.63) is 12.1 Å². The van der Waals surface area contributed by atoms with Crippen molar-refractivity contribution in [2.24, 2.45) is 0 Å². The summed E-state index contributed by atoms with van der Waals surface area (Å²) in [5, 5.41) is 19.5. The molecule has 1 aliphatic heterocycles. The van der Waals surface area contributed by atoms with E-state index in [1.807, 2.05) is 0 Å². The summed E-state index contributed by atoms with van der Waals surface area (Å²) in [6, 6.07) is 3.04. The molecule has 0 aliphatic carbocycles. The Balaban J connectivity index is 2.64. The van der Waals surface area contributed by atoms with Crippen LogP contribution in [0.5, 0.6) is 11.5 Å². The van der Waals surface area contributed by atoms with Gasteiger partial charge in [0.05, 0.1) is 9.79 Å². The van der Waals surface area contributed by atoms with E-state index in [1.54, 1.807) is 23.5 Å². The van der Waals surface area contributed by atoms with Gasteiger partial charge in [0.25, 0.3) is 0 Å². The molecule has 0 spiro atoms. The lowest BCUT2D eigenvalue weighted by Crippen LogP contribution is -1.73. The van der Waals surface area contributed by atoms with Gasteiger partial charge < -0.3 is 10.2 Å². The van der Waals surface area contributed by atoms with E-state index in [4.69, 9.17) is 0 Å². The topological polar surface area (TPSA) is 40.5 Å². The monoisotopic (exact) mass is 186 g/mol. The van der Waals surface area contributed by atoms with Gasteiger partial charge >= 0.3 is 0 Å². The van der Waals surface area contributed by atoms with E-state index in [0.717, 1.165) is 14.9 Å². The first-order valence-electron chi connectivity index (χ1n) is 3.09. The third kappa shape index (κ3) is 1.06. The van der Waals surface area contributed by atoms with Crippen molar-refractivity contribution in [1.82, 2.24) is 0 Å². The Morgan fingerprint density at radius 3 is 1.91 bits per heavy atom. The van der Waals surface area contributed by atoms with Crippen LogP contribution in [-0.4, -0.2) is 15.3 Å². The average molecular weight is 186 g/mol. The maximum Gasteiger partial charge on any atom is 0.130 e. The normalized spacial score (nSPS) is 14.9. The minimum absolute atomic E-state index is 0.271. The number of aromatic hydroxyl groups is 2. The minimum Gasteiger partial charge on any atom is -0.507 e. The fraction of sp³-hybridized carbons (Fsp3) is 0.143. The maximum atomic E-state index is 9.31. The SMILES string of the molecule is Oc1ccc(O)c2c1SCS2. The van der Waals surface area contributed by atoms with Crippen LogP contribution in [0, 0.1) is 0 Å². The van der Waals surface area contributed by atoms with E-state index < -0.39 is 0 Å².